The Kier molecular flexibility index (Phi) is 6.27. The minimum absolute atomic E-state index is 0.0151. The fourth-order valence-corrected chi connectivity index (χ4v) is 3.42. The highest BCUT2D eigenvalue weighted by Gasteiger charge is 2.27. The summed E-state index contributed by atoms with van der Waals surface area (Å²) in [6, 6.07) is 9.64. The minimum Gasteiger partial charge on any atom is -0.489 e. The molecule has 27 heavy (non-hydrogen) atoms. The number of para-hydroxylation sites is 2. The molecule has 1 aliphatic heterocycles. The molecule has 0 spiro atoms. The van der Waals surface area contributed by atoms with Crippen molar-refractivity contribution in [3.05, 3.63) is 42.2 Å². The van der Waals surface area contributed by atoms with Gasteiger partial charge < -0.3 is 15.0 Å². The number of benzene rings is 1. The summed E-state index contributed by atoms with van der Waals surface area (Å²) in [5.41, 5.74) is 1.20. The summed E-state index contributed by atoms with van der Waals surface area (Å²) in [5.74, 6) is 1.11. The molecule has 1 atom stereocenters. The summed E-state index contributed by atoms with van der Waals surface area (Å²) in [6.07, 6.45) is 5.97. The molecule has 2 heterocycles. The van der Waals surface area contributed by atoms with Crippen molar-refractivity contribution in [2.45, 2.75) is 58.6 Å². The molecule has 1 aromatic carbocycles. The van der Waals surface area contributed by atoms with Crippen molar-refractivity contribution in [3.63, 3.8) is 0 Å². The Bertz CT molecular complexity index is 778. The first-order valence-electron chi connectivity index (χ1n) is 9.75. The number of carbonyl (C=O) groups excluding carboxylic acids is 1. The van der Waals surface area contributed by atoms with E-state index in [0.717, 1.165) is 37.2 Å². The van der Waals surface area contributed by atoms with Crippen molar-refractivity contribution in [1.29, 1.82) is 0 Å². The zero-order valence-corrected chi connectivity index (χ0v) is 16.3. The Labute approximate surface area is 161 Å². The molecular weight excluding hydrogens is 340 g/mol. The predicted octanol–water partition coefficient (Wildman–Crippen LogP) is 4.41. The first-order valence-corrected chi connectivity index (χ1v) is 9.75. The molecule has 6 heteroatoms. The lowest BCUT2D eigenvalue weighted by Gasteiger charge is -2.35. The van der Waals surface area contributed by atoms with Gasteiger partial charge in [0.25, 0.3) is 5.91 Å². The van der Waals surface area contributed by atoms with Gasteiger partial charge in [-0.15, -0.1) is 0 Å². The fourth-order valence-electron chi connectivity index (χ4n) is 3.42. The van der Waals surface area contributed by atoms with Crippen molar-refractivity contribution in [2.24, 2.45) is 0 Å². The van der Waals surface area contributed by atoms with Crippen LogP contribution in [0.3, 0.4) is 0 Å². The summed E-state index contributed by atoms with van der Waals surface area (Å²) in [7, 11) is 0. The van der Waals surface area contributed by atoms with E-state index in [9.17, 15) is 4.79 Å². The number of piperidine rings is 1. The summed E-state index contributed by atoms with van der Waals surface area (Å²) in [5, 5.41) is 3.18. The lowest BCUT2D eigenvalue weighted by atomic mass is 9.99. The van der Waals surface area contributed by atoms with Crippen molar-refractivity contribution < 1.29 is 9.53 Å². The third-order valence-corrected chi connectivity index (χ3v) is 4.73. The van der Waals surface area contributed by atoms with Crippen molar-refractivity contribution >= 4 is 17.5 Å². The van der Waals surface area contributed by atoms with Crippen LogP contribution >= 0.6 is 0 Å². The van der Waals surface area contributed by atoms with Crippen LogP contribution in [-0.2, 0) is 0 Å². The zero-order chi connectivity index (χ0) is 19.2. The number of likely N-dealkylation sites (tertiary alicyclic amines) is 1. The molecule has 0 radical (unpaired) electrons. The predicted molar refractivity (Wildman–Crippen MR) is 106 cm³/mol. The molecule has 0 bridgehead atoms. The van der Waals surface area contributed by atoms with Crippen LogP contribution in [0.4, 0.5) is 11.6 Å². The number of nitrogens with one attached hydrogen (secondary N) is 1. The van der Waals surface area contributed by atoms with Crippen LogP contribution in [0.15, 0.2) is 36.5 Å². The van der Waals surface area contributed by atoms with Gasteiger partial charge >= 0.3 is 0 Å². The number of ether oxygens (including phenoxy) is 1. The summed E-state index contributed by atoms with van der Waals surface area (Å²) < 4.78 is 5.83. The topological polar surface area (TPSA) is 67.4 Å². The second-order valence-corrected chi connectivity index (χ2v) is 7.11. The first kappa shape index (κ1) is 19.1. The van der Waals surface area contributed by atoms with Crippen LogP contribution in [0.5, 0.6) is 5.75 Å². The quantitative estimate of drug-likeness (QED) is 0.818. The molecule has 1 amide bonds. The van der Waals surface area contributed by atoms with Gasteiger partial charge in [0.2, 0.25) is 5.95 Å². The molecule has 1 aliphatic rings. The molecule has 1 fully saturated rings. The van der Waals surface area contributed by atoms with E-state index in [4.69, 9.17) is 4.74 Å². The van der Waals surface area contributed by atoms with Crippen LogP contribution in [0.1, 0.15) is 56.9 Å². The third kappa shape index (κ3) is 4.76. The van der Waals surface area contributed by atoms with Gasteiger partial charge in [0.1, 0.15) is 11.4 Å². The Morgan fingerprint density at radius 2 is 2.11 bits per heavy atom. The highest BCUT2D eigenvalue weighted by molar-refractivity contribution is 5.92. The Hall–Kier alpha value is -2.63. The second-order valence-electron chi connectivity index (χ2n) is 7.11. The molecule has 2 aromatic rings. The number of hydrogen-bond acceptors (Lipinski definition) is 5. The van der Waals surface area contributed by atoms with E-state index in [-0.39, 0.29) is 12.0 Å². The largest absolute Gasteiger partial charge is 0.489 e. The average Bonchev–Trinajstić information content (AvgIpc) is 2.69. The van der Waals surface area contributed by atoms with Gasteiger partial charge in [-0.05, 0) is 57.7 Å². The molecule has 1 unspecified atom stereocenters. The third-order valence-electron chi connectivity index (χ3n) is 4.73. The van der Waals surface area contributed by atoms with E-state index in [1.54, 1.807) is 12.3 Å². The average molecular weight is 368 g/mol. The zero-order valence-electron chi connectivity index (χ0n) is 16.3. The number of carbonyl (C=O) groups is 1. The number of nitrogens with zero attached hydrogens (tertiary/aromatic N) is 3. The van der Waals surface area contributed by atoms with Gasteiger partial charge in [-0.3, -0.25) is 4.79 Å². The summed E-state index contributed by atoms with van der Waals surface area (Å²) in [4.78, 5) is 23.7. The van der Waals surface area contributed by atoms with E-state index in [1.165, 1.54) is 6.42 Å². The number of amides is 1. The number of anilines is 2. The maximum atomic E-state index is 13.0. The maximum Gasteiger partial charge on any atom is 0.272 e. The van der Waals surface area contributed by atoms with Gasteiger partial charge in [-0.1, -0.05) is 19.1 Å². The Morgan fingerprint density at radius 1 is 1.30 bits per heavy atom. The monoisotopic (exact) mass is 368 g/mol. The second kappa shape index (κ2) is 8.84. The van der Waals surface area contributed by atoms with E-state index in [2.05, 4.69) is 22.2 Å². The normalized spacial score (nSPS) is 17.0. The molecule has 6 nitrogen and oxygen atoms in total. The smallest absolute Gasteiger partial charge is 0.272 e. The standard InChI is InChI=1S/C21H28N4O2/c1-4-16-9-7-8-14-25(16)20(26)18-12-13-22-21(24-18)23-17-10-5-6-11-19(17)27-15(2)3/h5-6,10-13,15-16H,4,7-9,14H2,1-3H3,(H,22,23,24). The molecule has 1 N–H and O–H groups in total. The Balaban J connectivity index is 1.79. The van der Waals surface area contributed by atoms with Crippen LogP contribution in [-0.4, -0.2) is 39.5 Å². The van der Waals surface area contributed by atoms with E-state index in [1.807, 2.05) is 43.0 Å². The first-order chi connectivity index (χ1) is 13.1. The molecular formula is C21H28N4O2. The maximum absolute atomic E-state index is 13.0. The van der Waals surface area contributed by atoms with Gasteiger partial charge in [-0.2, -0.15) is 0 Å². The van der Waals surface area contributed by atoms with Crippen molar-refractivity contribution in [1.82, 2.24) is 14.9 Å². The number of hydrogen-bond donors (Lipinski definition) is 1. The van der Waals surface area contributed by atoms with Crippen LogP contribution in [0, 0.1) is 0 Å². The highest BCUT2D eigenvalue weighted by atomic mass is 16.5. The molecule has 144 valence electrons. The molecule has 1 aromatic heterocycles. The molecule has 1 saturated heterocycles. The van der Waals surface area contributed by atoms with E-state index in [0.29, 0.717) is 17.7 Å². The van der Waals surface area contributed by atoms with Gasteiger partial charge in [0, 0.05) is 18.8 Å². The SMILES string of the molecule is CCC1CCCCN1C(=O)c1ccnc(Nc2ccccc2OC(C)C)n1. The van der Waals surface area contributed by atoms with Crippen LogP contribution in [0.25, 0.3) is 0 Å². The Morgan fingerprint density at radius 3 is 2.89 bits per heavy atom. The van der Waals surface area contributed by atoms with Crippen molar-refractivity contribution in [3.8, 4) is 5.75 Å². The minimum atomic E-state index is -0.0151. The number of aromatic nitrogens is 2. The van der Waals surface area contributed by atoms with E-state index >= 15 is 0 Å². The van der Waals surface area contributed by atoms with Crippen LogP contribution in [0.2, 0.25) is 0 Å². The van der Waals surface area contributed by atoms with Crippen molar-refractivity contribution in [2.75, 3.05) is 11.9 Å². The number of rotatable bonds is 6. The molecule has 0 saturated carbocycles. The van der Waals surface area contributed by atoms with E-state index < -0.39 is 0 Å². The lowest BCUT2D eigenvalue weighted by Crippen LogP contribution is -2.43. The summed E-state index contributed by atoms with van der Waals surface area (Å²) in [6.45, 7) is 6.90. The fraction of sp³-hybridized carbons (Fsp3) is 0.476. The van der Waals surface area contributed by atoms with Gasteiger partial charge in [0.15, 0.2) is 0 Å². The van der Waals surface area contributed by atoms with Gasteiger partial charge in [0.05, 0.1) is 11.8 Å². The van der Waals surface area contributed by atoms with Gasteiger partial charge in [-0.25, -0.2) is 9.97 Å². The molecule has 0 aliphatic carbocycles. The summed E-state index contributed by atoms with van der Waals surface area (Å²) >= 11 is 0. The van der Waals surface area contributed by atoms with Crippen LogP contribution < -0.4 is 10.1 Å². The lowest BCUT2D eigenvalue weighted by molar-refractivity contribution is 0.0602. The highest BCUT2D eigenvalue weighted by Crippen LogP contribution is 2.27. The molecule has 3 rings (SSSR count).